The van der Waals surface area contributed by atoms with Crippen LogP contribution in [0.15, 0.2) is 27.8 Å². The number of ether oxygens (including phenoxy) is 1. The number of anilines is 1. The second kappa shape index (κ2) is 6.62. The zero-order valence-electron chi connectivity index (χ0n) is 13.3. The molecule has 3 rings (SSSR count). The van der Waals surface area contributed by atoms with Crippen molar-refractivity contribution in [2.24, 2.45) is 0 Å². The molecule has 1 amide bonds. The first-order chi connectivity index (χ1) is 11.1. The number of nitrogens with zero attached hydrogens (tertiary/aromatic N) is 2. The summed E-state index contributed by atoms with van der Waals surface area (Å²) in [4.78, 5) is 12.4. The van der Waals surface area contributed by atoms with Gasteiger partial charge in [-0.2, -0.15) is 0 Å². The number of nitrogens with one attached hydrogen (secondary N) is 1. The molecule has 6 nitrogen and oxygen atoms in total. The van der Waals surface area contributed by atoms with Crippen LogP contribution in [0.2, 0.25) is 0 Å². The summed E-state index contributed by atoms with van der Waals surface area (Å²) in [7, 11) is 1.58. The summed E-state index contributed by atoms with van der Waals surface area (Å²) in [6.45, 7) is 3.77. The van der Waals surface area contributed by atoms with Crippen molar-refractivity contribution in [2.75, 3.05) is 12.4 Å². The van der Waals surface area contributed by atoms with Crippen molar-refractivity contribution < 1.29 is 13.9 Å². The highest BCUT2D eigenvalue weighted by molar-refractivity contribution is 8.00. The lowest BCUT2D eigenvalue weighted by atomic mass is 10.2. The average Bonchev–Trinajstić information content (AvgIpc) is 3.28. The zero-order valence-corrected chi connectivity index (χ0v) is 14.1. The minimum Gasteiger partial charge on any atom is -0.495 e. The molecule has 1 aromatic heterocycles. The molecule has 1 heterocycles. The van der Waals surface area contributed by atoms with Crippen molar-refractivity contribution in [2.45, 2.75) is 43.1 Å². The molecule has 1 aliphatic carbocycles. The molecule has 0 saturated heterocycles. The fourth-order valence-corrected chi connectivity index (χ4v) is 2.81. The standard InChI is InChI=1S/C16H19N3O3S/c1-9-4-7-13(21-3)12(8-9)17-14(20)10(2)23-16-19-18-15(22-16)11-5-6-11/h4,7-8,10-11H,5-6H2,1-3H3,(H,17,20)/t10-/m0/s1. The van der Waals surface area contributed by atoms with Crippen molar-refractivity contribution in [1.82, 2.24) is 10.2 Å². The molecule has 0 bridgehead atoms. The summed E-state index contributed by atoms with van der Waals surface area (Å²) in [5, 5.41) is 11.0. The van der Waals surface area contributed by atoms with Gasteiger partial charge in [-0.15, -0.1) is 10.2 Å². The van der Waals surface area contributed by atoms with Gasteiger partial charge in [-0.3, -0.25) is 4.79 Å². The van der Waals surface area contributed by atoms with E-state index in [4.69, 9.17) is 9.15 Å². The van der Waals surface area contributed by atoms with Crippen LogP contribution < -0.4 is 10.1 Å². The summed E-state index contributed by atoms with van der Waals surface area (Å²) >= 11 is 1.26. The smallest absolute Gasteiger partial charge is 0.277 e. The van der Waals surface area contributed by atoms with E-state index in [0.29, 0.717) is 28.5 Å². The van der Waals surface area contributed by atoms with Gasteiger partial charge in [0.25, 0.3) is 5.22 Å². The second-order valence-corrected chi connectivity index (χ2v) is 6.93. The van der Waals surface area contributed by atoms with E-state index in [1.165, 1.54) is 11.8 Å². The first kappa shape index (κ1) is 15.9. The number of benzene rings is 1. The number of aryl methyl sites for hydroxylation is 1. The number of rotatable bonds is 6. The Hall–Kier alpha value is -2.02. The maximum Gasteiger partial charge on any atom is 0.277 e. The Kier molecular flexibility index (Phi) is 4.56. The largest absolute Gasteiger partial charge is 0.495 e. The van der Waals surface area contributed by atoms with Crippen LogP contribution in [-0.4, -0.2) is 28.5 Å². The number of methoxy groups -OCH3 is 1. The van der Waals surface area contributed by atoms with Gasteiger partial charge in [0.2, 0.25) is 11.8 Å². The molecule has 1 saturated carbocycles. The molecule has 1 N–H and O–H groups in total. The lowest BCUT2D eigenvalue weighted by Gasteiger charge is -2.13. The molecule has 0 unspecified atom stereocenters. The summed E-state index contributed by atoms with van der Waals surface area (Å²) in [6, 6.07) is 5.65. The van der Waals surface area contributed by atoms with Gasteiger partial charge in [-0.25, -0.2) is 0 Å². The van der Waals surface area contributed by atoms with Crippen LogP contribution in [0.4, 0.5) is 5.69 Å². The Morgan fingerprint density at radius 2 is 2.22 bits per heavy atom. The van der Waals surface area contributed by atoms with Crippen LogP contribution in [-0.2, 0) is 4.79 Å². The van der Waals surface area contributed by atoms with E-state index in [0.717, 1.165) is 18.4 Å². The van der Waals surface area contributed by atoms with Gasteiger partial charge in [-0.1, -0.05) is 17.8 Å². The van der Waals surface area contributed by atoms with Gasteiger partial charge in [0.15, 0.2) is 0 Å². The molecule has 0 aliphatic heterocycles. The molecule has 1 fully saturated rings. The second-order valence-electron chi connectivity index (χ2n) is 5.63. The molecule has 1 aliphatic rings. The summed E-state index contributed by atoms with van der Waals surface area (Å²) in [6.07, 6.45) is 2.21. The van der Waals surface area contributed by atoms with E-state index >= 15 is 0 Å². The summed E-state index contributed by atoms with van der Waals surface area (Å²) < 4.78 is 10.9. The van der Waals surface area contributed by atoms with Gasteiger partial charge >= 0.3 is 0 Å². The highest BCUT2D eigenvalue weighted by atomic mass is 32.2. The molecule has 7 heteroatoms. The van der Waals surface area contributed by atoms with Crippen molar-refractivity contribution in [3.05, 3.63) is 29.7 Å². The minimum atomic E-state index is -0.354. The van der Waals surface area contributed by atoms with E-state index in [9.17, 15) is 4.79 Å². The molecule has 1 atom stereocenters. The highest BCUT2D eigenvalue weighted by Crippen LogP contribution is 2.40. The third kappa shape index (κ3) is 3.85. The van der Waals surface area contributed by atoms with Crippen molar-refractivity contribution >= 4 is 23.4 Å². The predicted octanol–water partition coefficient (Wildman–Crippen LogP) is 3.38. The first-order valence-corrected chi connectivity index (χ1v) is 8.40. The number of hydrogen-bond acceptors (Lipinski definition) is 6. The summed E-state index contributed by atoms with van der Waals surface area (Å²) in [5.74, 6) is 1.60. The highest BCUT2D eigenvalue weighted by Gasteiger charge is 2.30. The van der Waals surface area contributed by atoms with E-state index in [1.54, 1.807) is 7.11 Å². The quantitative estimate of drug-likeness (QED) is 0.817. The number of carbonyl (C=O) groups excluding carboxylic acids is 1. The fourth-order valence-electron chi connectivity index (χ4n) is 2.12. The number of thioether (sulfide) groups is 1. The Bertz CT molecular complexity index is 712. The molecule has 0 radical (unpaired) electrons. The number of aromatic nitrogens is 2. The monoisotopic (exact) mass is 333 g/mol. The van der Waals surface area contributed by atoms with E-state index < -0.39 is 0 Å². The summed E-state index contributed by atoms with van der Waals surface area (Å²) in [5.41, 5.74) is 1.71. The molecular formula is C16H19N3O3S. The van der Waals surface area contributed by atoms with Gasteiger partial charge in [-0.05, 0) is 44.4 Å². The fraction of sp³-hybridized carbons (Fsp3) is 0.438. The van der Waals surface area contributed by atoms with E-state index in [-0.39, 0.29) is 11.2 Å². The molecule has 122 valence electrons. The normalized spacial score (nSPS) is 15.3. The Morgan fingerprint density at radius 1 is 1.43 bits per heavy atom. The topological polar surface area (TPSA) is 77.2 Å². The average molecular weight is 333 g/mol. The van der Waals surface area contributed by atoms with Crippen LogP contribution in [0.3, 0.4) is 0 Å². The Labute approximate surface area is 139 Å². The number of carbonyl (C=O) groups is 1. The van der Waals surface area contributed by atoms with Gasteiger partial charge in [0.05, 0.1) is 18.0 Å². The predicted molar refractivity (Wildman–Crippen MR) is 88.0 cm³/mol. The Balaban J connectivity index is 1.63. The van der Waals surface area contributed by atoms with Crippen molar-refractivity contribution in [3.8, 4) is 5.75 Å². The van der Waals surface area contributed by atoms with Crippen LogP contribution in [0, 0.1) is 6.92 Å². The maximum absolute atomic E-state index is 12.4. The van der Waals surface area contributed by atoms with E-state index in [2.05, 4.69) is 15.5 Å². The lowest BCUT2D eigenvalue weighted by molar-refractivity contribution is -0.115. The molecule has 23 heavy (non-hydrogen) atoms. The SMILES string of the molecule is COc1ccc(C)cc1NC(=O)[C@H](C)Sc1nnc(C2CC2)o1. The van der Waals surface area contributed by atoms with Gasteiger partial charge in [0, 0.05) is 5.92 Å². The van der Waals surface area contributed by atoms with Crippen LogP contribution in [0.1, 0.15) is 37.1 Å². The van der Waals surface area contributed by atoms with Crippen molar-refractivity contribution in [1.29, 1.82) is 0 Å². The minimum absolute atomic E-state index is 0.134. The van der Waals surface area contributed by atoms with Gasteiger partial charge < -0.3 is 14.5 Å². The Morgan fingerprint density at radius 3 is 2.91 bits per heavy atom. The van der Waals surface area contributed by atoms with Gasteiger partial charge in [0.1, 0.15) is 5.75 Å². The third-order valence-electron chi connectivity index (χ3n) is 3.61. The van der Waals surface area contributed by atoms with Crippen molar-refractivity contribution in [3.63, 3.8) is 0 Å². The van der Waals surface area contributed by atoms with Crippen LogP contribution in [0.5, 0.6) is 5.75 Å². The number of hydrogen-bond donors (Lipinski definition) is 1. The zero-order chi connectivity index (χ0) is 16.4. The molecule has 0 spiro atoms. The van der Waals surface area contributed by atoms with Crippen LogP contribution in [0.25, 0.3) is 0 Å². The molecule has 1 aromatic carbocycles. The van der Waals surface area contributed by atoms with E-state index in [1.807, 2.05) is 32.0 Å². The first-order valence-electron chi connectivity index (χ1n) is 7.52. The molecular weight excluding hydrogens is 314 g/mol. The molecule has 2 aromatic rings. The maximum atomic E-state index is 12.4. The third-order valence-corrected chi connectivity index (χ3v) is 4.54. The number of amides is 1. The lowest BCUT2D eigenvalue weighted by Crippen LogP contribution is -2.22. The van der Waals surface area contributed by atoms with Crippen LogP contribution >= 0.6 is 11.8 Å².